The number of aromatic nitrogens is 1. The van der Waals surface area contributed by atoms with Crippen LogP contribution < -0.4 is 5.32 Å². The van der Waals surface area contributed by atoms with Crippen molar-refractivity contribution >= 4 is 42.1 Å². The molecule has 2 atom stereocenters. The molecule has 1 fully saturated rings. The number of rotatable bonds is 12. The quantitative estimate of drug-likeness (QED) is 0.268. The molecule has 0 aliphatic heterocycles. The molecule has 4 rings (SSSR count). The van der Waals surface area contributed by atoms with Gasteiger partial charge < -0.3 is 20.3 Å². The second-order valence-electron chi connectivity index (χ2n) is 10.0. The summed E-state index contributed by atoms with van der Waals surface area (Å²) in [5.74, 6) is -1.07. The maximum atomic E-state index is 13.1. The van der Waals surface area contributed by atoms with Gasteiger partial charge in [-0.15, -0.1) is 11.3 Å². The summed E-state index contributed by atoms with van der Waals surface area (Å²) >= 11 is 1.61. The van der Waals surface area contributed by atoms with E-state index in [4.69, 9.17) is 4.74 Å². The molecule has 204 valence electrons. The number of ether oxygens (including phenoxy) is 1. The molecule has 1 saturated carbocycles. The Labute approximate surface area is 246 Å². The van der Waals surface area contributed by atoms with Crippen LogP contribution in [0.4, 0.5) is 0 Å². The molecule has 0 spiro atoms. The van der Waals surface area contributed by atoms with Crippen molar-refractivity contribution < 1.29 is 24.5 Å². The molecule has 1 amide bonds. The van der Waals surface area contributed by atoms with Gasteiger partial charge in [-0.2, -0.15) is 0 Å². The molecule has 1 aliphatic rings. The topological polar surface area (TPSA) is 109 Å². The van der Waals surface area contributed by atoms with E-state index in [2.05, 4.69) is 10.3 Å². The molecule has 9 heteroatoms. The van der Waals surface area contributed by atoms with Crippen LogP contribution in [-0.4, -0.2) is 58.6 Å². The minimum atomic E-state index is -1.38. The minimum absolute atomic E-state index is 0. The van der Waals surface area contributed by atoms with Crippen LogP contribution >= 0.6 is 11.3 Å². The normalized spacial score (nSPS) is 15.2. The number of thiazole rings is 1. The number of nitrogens with zero attached hydrogens (tertiary/aromatic N) is 1. The number of benzene rings is 2. The van der Waals surface area contributed by atoms with Gasteiger partial charge in [-0.25, -0.2) is 4.79 Å². The van der Waals surface area contributed by atoms with E-state index in [9.17, 15) is 19.8 Å². The van der Waals surface area contributed by atoms with E-state index in [0.717, 1.165) is 40.3 Å². The average molecular weight is 545 g/mol. The van der Waals surface area contributed by atoms with Gasteiger partial charge in [0.1, 0.15) is 0 Å². The van der Waals surface area contributed by atoms with Crippen LogP contribution in [0.5, 0.6) is 0 Å². The predicted octanol–water partition coefficient (Wildman–Crippen LogP) is 5.26. The van der Waals surface area contributed by atoms with Crippen LogP contribution in [0.3, 0.4) is 0 Å². The monoisotopic (exact) mass is 544 g/mol. The Hall–Kier alpha value is -2.47. The van der Waals surface area contributed by atoms with E-state index in [1.807, 2.05) is 55.0 Å². The summed E-state index contributed by atoms with van der Waals surface area (Å²) < 4.78 is 6.46. The molecule has 1 unspecified atom stereocenters. The van der Waals surface area contributed by atoms with Gasteiger partial charge in [0.2, 0.25) is 0 Å². The van der Waals surface area contributed by atoms with Gasteiger partial charge in [0.25, 0.3) is 5.91 Å². The van der Waals surface area contributed by atoms with Crippen LogP contribution in [0.1, 0.15) is 77.4 Å². The molecule has 0 bridgehead atoms. The number of aliphatic hydroxyl groups is 1. The van der Waals surface area contributed by atoms with Gasteiger partial charge in [0.05, 0.1) is 29.7 Å². The van der Waals surface area contributed by atoms with E-state index in [1.54, 1.807) is 17.4 Å². The van der Waals surface area contributed by atoms with Crippen LogP contribution in [0, 0.1) is 12.8 Å². The molecule has 0 saturated heterocycles. The summed E-state index contributed by atoms with van der Waals surface area (Å²) in [5.41, 5.74) is 5.67. The van der Waals surface area contributed by atoms with Crippen molar-refractivity contribution in [1.29, 1.82) is 0 Å². The fourth-order valence-corrected chi connectivity index (χ4v) is 5.85. The first kappa shape index (κ1) is 31.1. The summed E-state index contributed by atoms with van der Waals surface area (Å²) in [7, 11) is 0. The van der Waals surface area contributed by atoms with Crippen LogP contribution in [0.2, 0.25) is 0 Å². The Bertz CT molecular complexity index is 1210. The number of nitrogens with one attached hydrogen (secondary N) is 1. The number of aliphatic hydroxyl groups excluding tert-OH is 1. The molecule has 1 aliphatic carbocycles. The second kappa shape index (κ2) is 15.4. The Balaban J connectivity index is 0.00000420. The molecule has 3 aromatic rings. The first-order chi connectivity index (χ1) is 18.5. The number of carboxylic acid groups (broad SMARTS) is 1. The second-order valence-corrected chi connectivity index (χ2v) is 10.9. The Morgan fingerprint density at radius 3 is 2.56 bits per heavy atom. The van der Waals surface area contributed by atoms with Gasteiger partial charge in [-0.05, 0) is 60.1 Å². The van der Waals surface area contributed by atoms with E-state index in [-0.39, 0.29) is 25.0 Å². The van der Waals surface area contributed by atoms with E-state index < -0.39 is 24.5 Å². The number of aryl methyl sites for hydroxylation is 1. The number of amides is 1. The van der Waals surface area contributed by atoms with E-state index in [0.29, 0.717) is 17.7 Å². The zero-order valence-corrected chi connectivity index (χ0v) is 22.6. The van der Waals surface area contributed by atoms with Crippen molar-refractivity contribution in [2.45, 2.75) is 70.6 Å². The third-order valence-corrected chi connectivity index (χ3v) is 8.20. The van der Waals surface area contributed by atoms with Crippen LogP contribution in [-0.2, 0) is 16.1 Å². The molecular formula is C30H37LiN2O5S. The van der Waals surface area contributed by atoms with Crippen LogP contribution in [0.25, 0.3) is 11.1 Å². The molecule has 7 nitrogen and oxygen atoms in total. The number of carbonyl (C=O) groups excluding carboxylic acids is 1. The predicted molar refractivity (Wildman–Crippen MR) is 155 cm³/mol. The molecule has 3 N–H and O–H groups in total. The number of aliphatic carboxylic acids is 1. The molecule has 39 heavy (non-hydrogen) atoms. The Morgan fingerprint density at radius 2 is 1.90 bits per heavy atom. The molecule has 1 heterocycles. The fourth-order valence-electron chi connectivity index (χ4n) is 5.15. The van der Waals surface area contributed by atoms with Crippen molar-refractivity contribution in [3.8, 4) is 11.1 Å². The van der Waals surface area contributed by atoms with E-state index >= 15 is 0 Å². The Morgan fingerprint density at radius 1 is 1.13 bits per heavy atom. The summed E-state index contributed by atoms with van der Waals surface area (Å²) in [6.45, 7) is 1.66. The summed E-state index contributed by atoms with van der Waals surface area (Å²) in [6, 6.07) is 11.9. The number of carbonyl (C=O) groups is 2. The third kappa shape index (κ3) is 8.50. The average Bonchev–Trinajstić information content (AvgIpc) is 3.47. The Kier molecular flexibility index (Phi) is 12.2. The molecule has 1 aromatic heterocycles. The SMILES string of the molecule is Cc1ccccc1-c1cc(COC(CCC2CCCCC2)c2cncs2)ccc1C(=O)N[C@@H](CO)C(=O)O.[LiH]. The standard InChI is InChI=1S/C30H36N2O5S.Li.H/c1-20-7-5-6-10-23(20)25-15-22(11-13-24(25)29(34)32-26(17-33)30(35)36)18-37-27(28-16-31-19-38-28)14-12-21-8-3-2-4-9-21;;/h5-7,10-11,13,15-16,19,21,26-27,33H,2-4,8-9,12,14,17-18H2,1H3,(H,32,34)(H,35,36);;/t26-,27?;;/m0../s1. The van der Waals surface area contributed by atoms with Gasteiger partial charge in [-0.3, -0.25) is 9.78 Å². The van der Waals surface area contributed by atoms with Crippen LogP contribution in [0.15, 0.2) is 54.2 Å². The molecule has 2 aromatic carbocycles. The summed E-state index contributed by atoms with van der Waals surface area (Å²) in [4.78, 5) is 29.8. The van der Waals surface area contributed by atoms with Gasteiger partial charge in [0.15, 0.2) is 6.04 Å². The first-order valence-electron chi connectivity index (χ1n) is 13.3. The molecular weight excluding hydrogens is 507 g/mol. The summed E-state index contributed by atoms with van der Waals surface area (Å²) in [6.07, 6.45) is 10.6. The maximum absolute atomic E-state index is 13.1. The van der Waals surface area contributed by atoms with E-state index in [1.165, 1.54) is 32.1 Å². The zero-order chi connectivity index (χ0) is 26.9. The van der Waals surface area contributed by atoms with Crippen molar-refractivity contribution in [1.82, 2.24) is 10.3 Å². The van der Waals surface area contributed by atoms with Gasteiger partial charge >= 0.3 is 24.8 Å². The van der Waals surface area contributed by atoms with Crippen molar-refractivity contribution in [3.05, 3.63) is 75.7 Å². The zero-order valence-electron chi connectivity index (χ0n) is 21.8. The fraction of sp³-hybridized carbons (Fsp3) is 0.433. The number of hydrogen-bond donors (Lipinski definition) is 3. The number of hydrogen-bond acceptors (Lipinski definition) is 6. The van der Waals surface area contributed by atoms with Crippen molar-refractivity contribution in [2.24, 2.45) is 5.92 Å². The third-order valence-electron chi connectivity index (χ3n) is 7.33. The van der Waals surface area contributed by atoms with Gasteiger partial charge in [0, 0.05) is 11.8 Å². The van der Waals surface area contributed by atoms with Gasteiger partial charge in [-0.1, -0.05) is 62.4 Å². The first-order valence-corrected chi connectivity index (χ1v) is 14.2. The molecule has 0 radical (unpaired) electrons. The van der Waals surface area contributed by atoms with Crippen molar-refractivity contribution in [2.75, 3.05) is 6.61 Å². The summed E-state index contributed by atoms with van der Waals surface area (Å²) in [5, 5.41) is 21.1. The van der Waals surface area contributed by atoms with Crippen molar-refractivity contribution in [3.63, 3.8) is 0 Å². The number of carboxylic acids is 1.